The Morgan fingerprint density at radius 2 is 2.05 bits per heavy atom. The van der Waals surface area contributed by atoms with Gasteiger partial charge in [-0.3, -0.25) is 9.05 Å². The van der Waals surface area contributed by atoms with Crippen LogP contribution in [0.25, 0.3) is 4.96 Å². The molecule has 0 aliphatic rings. The van der Waals surface area contributed by atoms with Crippen LogP contribution in [0.3, 0.4) is 0 Å². The molecule has 0 aliphatic heterocycles. The minimum absolute atomic E-state index is 0.142. The number of aromatic nitrogens is 3. The van der Waals surface area contributed by atoms with Gasteiger partial charge in [-0.2, -0.15) is 4.98 Å². The van der Waals surface area contributed by atoms with Gasteiger partial charge in [0.25, 0.3) is 0 Å². The molecular formula is C10H12N3O3PS2. The molecule has 0 radical (unpaired) electrons. The Hall–Kier alpha value is -1.05. The fraction of sp³-hybridized carbons (Fsp3) is 0.200. The lowest BCUT2D eigenvalue weighted by Crippen LogP contribution is -2.03. The first kappa shape index (κ1) is 14.4. The summed E-state index contributed by atoms with van der Waals surface area (Å²) in [6.07, 6.45) is 4.92. The Balaban J connectivity index is 2.13. The Labute approximate surface area is 119 Å². The van der Waals surface area contributed by atoms with Crippen molar-refractivity contribution in [2.45, 2.75) is 0 Å². The van der Waals surface area contributed by atoms with Gasteiger partial charge in [0.2, 0.25) is 4.96 Å². The van der Waals surface area contributed by atoms with Crippen molar-refractivity contribution < 1.29 is 13.6 Å². The molecule has 2 heterocycles. The largest absolute Gasteiger partial charge is 0.388 e. The first-order valence-corrected chi connectivity index (χ1v) is 8.71. The van der Waals surface area contributed by atoms with Crippen LogP contribution in [-0.4, -0.2) is 27.8 Å². The van der Waals surface area contributed by atoms with Crippen LogP contribution < -0.4 is 4.52 Å². The average Bonchev–Trinajstić information content (AvgIpc) is 2.95. The summed E-state index contributed by atoms with van der Waals surface area (Å²) in [7, 11) is 0. The quantitative estimate of drug-likeness (QED) is 0.551. The summed E-state index contributed by atoms with van der Waals surface area (Å²) >= 11 is 6.70. The van der Waals surface area contributed by atoms with Gasteiger partial charge < -0.3 is 4.52 Å². The zero-order valence-electron chi connectivity index (χ0n) is 9.97. The lowest BCUT2D eigenvalue weighted by Gasteiger charge is -2.18. The van der Waals surface area contributed by atoms with Crippen LogP contribution in [0.1, 0.15) is 0 Å². The van der Waals surface area contributed by atoms with Crippen molar-refractivity contribution in [1.82, 2.24) is 14.6 Å². The highest BCUT2D eigenvalue weighted by molar-refractivity contribution is 8.07. The number of hydrogen-bond donors (Lipinski definition) is 0. The van der Waals surface area contributed by atoms with Gasteiger partial charge in [0, 0.05) is 23.4 Å². The molecule has 0 bridgehead atoms. The number of fused-ring (bicyclic) bond motifs is 1. The average molecular weight is 317 g/mol. The Morgan fingerprint density at radius 1 is 1.37 bits per heavy atom. The highest BCUT2D eigenvalue weighted by Crippen LogP contribution is 2.49. The van der Waals surface area contributed by atoms with Gasteiger partial charge in [0.1, 0.15) is 0 Å². The molecule has 102 valence electrons. The van der Waals surface area contributed by atoms with Crippen molar-refractivity contribution in [1.29, 1.82) is 0 Å². The van der Waals surface area contributed by atoms with Crippen LogP contribution in [-0.2, 0) is 20.9 Å². The van der Waals surface area contributed by atoms with Crippen LogP contribution >= 0.6 is 18.1 Å². The summed E-state index contributed by atoms with van der Waals surface area (Å²) in [6.45, 7) is 4.64. The summed E-state index contributed by atoms with van der Waals surface area (Å²) in [5, 5.41) is 5.99. The third-order valence-electron chi connectivity index (χ3n) is 1.85. The van der Waals surface area contributed by atoms with Crippen molar-refractivity contribution in [2.75, 3.05) is 13.2 Å². The molecular weight excluding hydrogens is 305 g/mol. The summed E-state index contributed by atoms with van der Waals surface area (Å²) in [4.78, 5) is 4.88. The van der Waals surface area contributed by atoms with Gasteiger partial charge in [-0.1, -0.05) is 12.2 Å². The lowest BCUT2D eigenvalue weighted by molar-refractivity contribution is 0.230. The van der Waals surface area contributed by atoms with Gasteiger partial charge >= 0.3 is 12.7 Å². The minimum atomic E-state index is -2.95. The van der Waals surface area contributed by atoms with E-state index in [-0.39, 0.29) is 19.2 Å². The predicted molar refractivity (Wildman–Crippen MR) is 78.1 cm³/mol. The normalized spacial score (nSPS) is 11.6. The van der Waals surface area contributed by atoms with E-state index in [1.54, 1.807) is 22.9 Å². The summed E-state index contributed by atoms with van der Waals surface area (Å²) in [6, 6.07) is 0.142. The predicted octanol–water partition coefficient (Wildman–Crippen LogP) is 2.80. The first-order chi connectivity index (χ1) is 9.17. The second kappa shape index (κ2) is 6.40. The monoisotopic (exact) mass is 317 g/mol. The SMILES string of the molecule is C=CCOP(=S)(OCC=C)Oc1nc2sccn2n1. The molecule has 0 fully saturated rings. The fourth-order valence-corrected chi connectivity index (χ4v) is 3.37. The van der Waals surface area contributed by atoms with Crippen molar-refractivity contribution in [2.24, 2.45) is 0 Å². The van der Waals surface area contributed by atoms with E-state index < -0.39 is 6.72 Å². The van der Waals surface area contributed by atoms with Gasteiger partial charge in [0.15, 0.2) is 0 Å². The number of hydrogen-bond acceptors (Lipinski definition) is 7. The van der Waals surface area contributed by atoms with E-state index in [0.29, 0.717) is 4.96 Å². The van der Waals surface area contributed by atoms with Crippen molar-refractivity contribution in [3.63, 3.8) is 0 Å². The molecule has 0 spiro atoms. The van der Waals surface area contributed by atoms with Gasteiger partial charge in [-0.15, -0.1) is 29.6 Å². The molecule has 0 saturated heterocycles. The van der Waals surface area contributed by atoms with Crippen molar-refractivity contribution >= 4 is 34.8 Å². The van der Waals surface area contributed by atoms with Gasteiger partial charge in [-0.05, 0) is 0 Å². The zero-order valence-corrected chi connectivity index (χ0v) is 12.5. The molecule has 0 aromatic carbocycles. The van der Waals surface area contributed by atoms with Gasteiger partial charge in [-0.25, -0.2) is 4.52 Å². The Morgan fingerprint density at radius 3 is 2.63 bits per heavy atom. The van der Waals surface area contributed by atoms with Crippen molar-refractivity contribution in [3.8, 4) is 6.01 Å². The summed E-state index contributed by atoms with van der Waals surface area (Å²) in [5.74, 6) is 0. The Bertz CT molecular complexity index is 580. The molecule has 0 aliphatic carbocycles. The summed E-state index contributed by atoms with van der Waals surface area (Å²) < 4.78 is 17.9. The van der Waals surface area contributed by atoms with Crippen LogP contribution in [0.4, 0.5) is 0 Å². The van der Waals surface area contributed by atoms with E-state index in [9.17, 15) is 0 Å². The maximum Gasteiger partial charge on any atom is 0.383 e. The highest BCUT2D eigenvalue weighted by atomic mass is 32.5. The molecule has 19 heavy (non-hydrogen) atoms. The third-order valence-corrected chi connectivity index (χ3v) is 4.77. The molecule has 6 nitrogen and oxygen atoms in total. The fourth-order valence-electron chi connectivity index (χ4n) is 1.13. The van der Waals surface area contributed by atoms with E-state index in [1.165, 1.54) is 11.3 Å². The second-order valence-electron chi connectivity index (χ2n) is 3.23. The standard InChI is InChI=1S/C10H12N3O3PS2/c1-3-6-14-17(18,15-7-4-2)16-9-11-10-13(12-9)5-8-19-10/h3-5,8H,1-2,6-7H2. The summed E-state index contributed by atoms with van der Waals surface area (Å²) in [5.41, 5.74) is 0. The first-order valence-electron chi connectivity index (χ1n) is 5.27. The van der Waals surface area contributed by atoms with E-state index in [4.69, 9.17) is 25.4 Å². The molecule has 9 heteroatoms. The number of thiazole rings is 1. The molecule has 0 saturated carbocycles. The second-order valence-corrected chi connectivity index (χ2v) is 7.04. The minimum Gasteiger partial charge on any atom is -0.388 e. The maximum atomic E-state index is 5.50. The van der Waals surface area contributed by atoms with Crippen LogP contribution in [0.15, 0.2) is 36.9 Å². The van der Waals surface area contributed by atoms with E-state index in [1.807, 2.05) is 5.38 Å². The van der Waals surface area contributed by atoms with Gasteiger partial charge in [0.05, 0.1) is 13.2 Å². The van der Waals surface area contributed by atoms with E-state index in [2.05, 4.69) is 23.2 Å². The zero-order chi connectivity index (χ0) is 13.7. The maximum absolute atomic E-state index is 5.50. The number of rotatable bonds is 8. The third kappa shape index (κ3) is 3.71. The lowest BCUT2D eigenvalue weighted by atomic mass is 10.7. The topological polar surface area (TPSA) is 57.9 Å². The number of nitrogens with zero attached hydrogens (tertiary/aromatic N) is 3. The molecule has 0 N–H and O–H groups in total. The van der Waals surface area contributed by atoms with Crippen LogP contribution in [0.2, 0.25) is 0 Å². The van der Waals surface area contributed by atoms with E-state index >= 15 is 0 Å². The van der Waals surface area contributed by atoms with E-state index in [0.717, 1.165) is 0 Å². The Kier molecular flexibility index (Phi) is 4.84. The molecule has 0 amide bonds. The highest BCUT2D eigenvalue weighted by Gasteiger charge is 2.24. The smallest absolute Gasteiger partial charge is 0.383 e. The molecule has 2 aromatic heterocycles. The molecule has 2 rings (SSSR count). The molecule has 0 atom stereocenters. The van der Waals surface area contributed by atoms with Crippen molar-refractivity contribution in [3.05, 3.63) is 36.9 Å². The van der Waals surface area contributed by atoms with Crippen LogP contribution in [0.5, 0.6) is 6.01 Å². The molecule has 2 aromatic rings. The molecule has 0 unspecified atom stereocenters. The van der Waals surface area contributed by atoms with Crippen LogP contribution in [0, 0.1) is 0 Å².